The van der Waals surface area contributed by atoms with Crippen LogP contribution >= 0.6 is 0 Å². The molecule has 4 aromatic rings. The summed E-state index contributed by atoms with van der Waals surface area (Å²) in [6.45, 7) is 4.64. The van der Waals surface area contributed by atoms with Crippen molar-refractivity contribution in [3.05, 3.63) is 78.0 Å². The van der Waals surface area contributed by atoms with Gasteiger partial charge in [0.25, 0.3) is 0 Å². The van der Waals surface area contributed by atoms with Gasteiger partial charge in [0, 0.05) is 37.3 Å². The maximum absolute atomic E-state index is 6.19. The Morgan fingerprint density at radius 1 is 1.06 bits per heavy atom. The third-order valence-electron chi connectivity index (χ3n) is 6.08. The lowest BCUT2D eigenvalue weighted by atomic mass is 9.98. The number of methoxy groups -OCH3 is 1. The molecule has 0 unspecified atom stereocenters. The predicted molar refractivity (Wildman–Crippen MR) is 123 cm³/mol. The number of nitrogens with zero attached hydrogens (tertiary/aromatic N) is 3. The molecule has 3 heterocycles. The third kappa shape index (κ3) is 4.58. The molecule has 1 atom stereocenters. The lowest BCUT2D eigenvalue weighted by Crippen LogP contribution is -2.36. The van der Waals surface area contributed by atoms with Gasteiger partial charge in [-0.2, -0.15) is 5.10 Å². The molecule has 2 aromatic heterocycles. The first-order valence-corrected chi connectivity index (χ1v) is 11.1. The van der Waals surface area contributed by atoms with E-state index in [-0.39, 0.29) is 0 Å². The number of fused-ring (bicyclic) bond motifs is 1. The van der Waals surface area contributed by atoms with E-state index < -0.39 is 0 Å². The topological polar surface area (TPSA) is 43.4 Å². The van der Waals surface area contributed by atoms with Gasteiger partial charge in [0.05, 0.1) is 13.2 Å². The highest BCUT2D eigenvalue weighted by Gasteiger charge is 2.23. The Morgan fingerprint density at radius 2 is 1.90 bits per heavy atom. The molecule has 1 aliphatic heterocycles. The zero-order valence-corrected chi connectivity index (χ0v) is 18.0. The Kier molecular flexibility index (Phi) is 5.87. The highest BCUT2D eigenvalue weighted by Crippen LogP contribution is 2.31. The molecule has 5 rings (SSSR count). The Morgan fingerprint density at radius 3 is 2.74 bits per heavy atom. The van der Waals surface area contributed by atoms with Gasteiger partial charge in [0.2, 0.25) is 0 Å². The summed E-state index contributed by atoms with van der Waals surface area (Å²) in [6, 6.07) is 20.7. The van der Waals surface area contributed by atoms with Gasteiger partial charge in [-0.3, -0.25) is 9.58 Å². The average Bonchev–Trinajstić information content (AvgIpc) is 3.39. The van der Waals surface area contributed by atoms with Crippen LogP contribution < -0.4 is 0 Å². The maximum Gasteiger partial charge on any atom is 0.156 e. The van der Waals surface area contributed by atoms with Gasteiger partial charge in [-0.1, -0.05) is 48.5 Å². The molecule has 0 aliphatic carbocycles. The van der Waals surface area contributed by atoms with Crippen molar-refractivity contribution >= 4 is 11.0 Å². The van der Waals surface area contributed by atoms with E-state index in [2.05, 4.69) is 47.5 Å². The van der Waals surface area contributed by atoms with Crippen LogP contribution in [0.15, 0.2) is 71.3 Å². The van der Waals surface area contributed by atoms with Crippen molar-refractivity contribution < 1.29 is 9.15 Å². The van der Waals surface area contributed by atoms with Gasteiger partial charge < -0.3 is 9.15 Å². The van der Waals surface area contributed by atoms with Crippen molar-refractivity contribution in [3.8, 4) is 11.5 Å². The van der Waals surface area contributed by atoms with Crippen molar-refractivity contribution in [2.75, 3.05) is 26.8 Å². The van der Waals surface area contributed by atoms with Gasteiger partial charge in [-0.25, -0.2) is 0 Å². The summed E-state index contributed by atoms with van der Waals surface area (Å²) in [6.07, 6.45) is 4.65. The molecule has 0 N–H and O–H groups in total. The van der Waals surface area contributed by atoms with Crippen LogP contribution in [0, 0.1) is 5.92 Å². The van der Waals surface area contributed by atoms with Crippen LogP contribution in [0.1, 0.15) is 24.0 Å². The van der Waals surface area contributed by atoms with Gasteiger partial charge >= 0.3 is 0 Å². The molecule has 5 heteroatoms. The molecule has 0 saturated carbocycles. The van der Waals surface area contributed by atoms with Crippen LogP contribution in [0.3, 0.4) is 0 Å². The second-order valence-electron chi connectivity index (χ2n) is 8.53. The molecule has 0 amide bonds. The van der Waals surface area contributed by atoms with E-state index in [4.69, 9.17) is 14.3 Å². The fourth-order valence-corrected chi connectivity index (χ4v) is 4.64. The van der Waals surface area contributed by atoms with Crippen molar-refractivity contribution in [2.24, 2.45) is 5.92 Å². The van der Waals surface area contributed by atoms with E-state index in [1.54, 1.807) is 7.11 Å². The standard InChI is InChI=1S/C26H29N3O2/c1-30-19-21-10-7-13-28(15-21)17-23-18-29(16-20-8-3-2-4-9-20)27-26(23)25-14-22-11-5-6-12-24(22)31-25/h2-6,8-9,11-12,14,18,21H,7,10,13,15-17,19H2,1H3/t21-/m1/s1. The first-order chi connectivity index (χ1) is 15.3. The summed E-state index contributed by atoms with van der Waals surface area (Å²) in [5, 5.41) is 6.07. The SMILES string of the molecule is COC[C@@H]1CCCN(Cc2cn(Cc3ccccc3)nc2-c2cc3ccccc3o2)C1. The first-order valence-electron chi connectivity index (χ1n) is 11.1. The number of hydrogen-bond acceptors (Lipinski definition) is 4. The summed E-state index contributed by atoms with van der Waals surface area (Å²) in [7, 11) is 1.80. The Labute approximate surface area is 183 Å². The monoisotopic (exact) mass is 415 g/mol. The second kappa shape index (κ2) is 9.08. The molecule has 31 heavy (non-hydrogen) atoms. The minimum atomic E-state index is 0.604. The molecule has 1 fully saturated rings. The van der Waals surface area contributed by atoms with Gasteiger partial charge in [0.15, 0.2) is 5.76 Å². The number of furan rings is 1. The second-order valence-corrected chi connectivity index (χ2v) is 8.53. The van der Waals surface area contributed by atoms with E-state index in [0.717, 1.165) is 55.2 Å². The molecule has 2 aromatic carbocycles. The van der Waals surface area contributed by atoms with E-state index >= 15 is 0 Å². The summed E-state index contributed by atoms with van der Waals surface area (Å²) in [5.41, 5.74) is 4.30. The lowest BCUT2D eigenvalue weighted by Gasteiger charge is -2.32. The van der Waals surface area contributed by atoms with Gasteiger partial charge in [0.1, 0.15) is 11.3 Å². The number of aromatic nitrogens is 2. The van der Waals surface area contributed by atoms with E-state index in [1.807, 2.05) is 28.9 Å². The van der Waals surface area contributed by atoms with Gasteiger partial charge in [-0.05, 0) is 43.0 Å². The number of piperidine rings is 1. The zero-order valence-electron chi connectivity index (χ0n) is 18.0. The molecule has 0 spiro atoms. The van der Waals surface area contributed by atoms with Crippen LogP contribution in [0.5, 0.6) is 0 Å². The molecular weight excluding hydrogens is 386 g/mol. The first kappa shape index (κ1) is 20.0. The fraction of sp³-hybridized carbons (Fsp3) is 0.346. The minimum Gasteiger partial charge on any atom is -0.454 e. The molecule has 1 saturated heterocycles. The van der Waals surface area contributed by atoms with E-state index in [0.29, 0.717) is 5.92 Å². The van der Waals surface area contributed by atoms with Crippen molar-refractivity contribution in [1.29, 1.82) is 0 Å². The number of likely N-dealkylation sites (tertiary alicyclic amines) is 1. The number of ether oxygens (including phenoxy) is 1. The lowest BCUT2D eigenvalue weighted by molar-refractivity contribution is 0.0874. The summed E-state index contributed by atoms with van der Waals surface area (Å²) >= 11 is 0. The van der Waals surface area contributed by atoms with Crippen LogP contribution in [0.2, 0.25) is 0 Å². The quantitative estimate of drug-likeness (QED) is 0.416. The highest BCUT2D eigenvalue weighted by molar-refractivity contribution is 5.82. The Bertz CT molecular complexity index is 1100. The summed E-state index contributed by atoms with van der Waals surface area (Å²) in [4.78, 5) is 2.53. The zero-order chi connectivity index (χ0) is 21.0. The van der Waals surface area contributed by atoms with Crippen molar-refractivity contribution in [2.45, 2.75) is 25.9 Å². The Balaban J connectivity index is 1.46. The third-order valence-corrected chi connectivity index (χ3v) is 6.08. The fourth-order valence-electron chi connectivity index (χ4n) is 4.64. The average molecular weight is 416 g/mol. The number of benzene rings is 2. The van der Waals surface area contributed by atoms with E-state index in [1.165, 1.54) is 24.0 Å². The van der Waals surface area contributed by atoms with Gasteiger partial charge in [-0.15, -0.1) is 0 Å². The van der Waals surface area contributed by atoms with Crippen molar-refractivity contribution in [1.82, 2.24) is 14.7 Å². The maximum atomic E-state index is 6.19. The normalized spacial score (nSPS) is 17.4. The molecule has 5 nitrogen and oxygen atoms in total. The molecule has 0 bridgehead atoms. The van der Waals surface area contributed by atoms with Crippen LogP contribution in [-0.2, 0) is 17.8 Å². The van der Waals surface area contributed by atoms with Crippen molar-refractivity contribution in [3.63, 3.8) is 0 Å². The Hall–Kier alpha value is -2.89. The minimum absolute atomic E-state index is 0.604. The van der Waals surface area contributed by atoms with Crippen LogP contribution in [-0.4, -0.2) is 41.5 Å². The molecule has 0 radical (unpaired) electrons. The predicted octanol–water partition coefficient (Wildman–Crippen LogP) is 5.20. The van der Waals surface area contributed by atoms with Crippen LogP contribution in [0.25, 0.3) is 22.4 Å². The molecule has 1 aliphatic rings. The smallest absolute Gasteiger partial charge is 0.156 e. The molecular formula is C26H29N3O2. The number of para-hydroxylation sites is 1. The number of hydrogen-bond donors (Lipinski definition) is 0. The van der Waals surface area contributed by atoms with Crippen LogP contribution in [0.4, 0.5) is 0 Å². The van der Waals surface area contributed by atoms with E-state index in [9.17, 15) is 0 Å². The highest BCUT2D eigenvalue weighted by atomic mass is 16.5. The largest absolute Gasteiger partial charge is 0.454 e. The summed E-state index contributed by atoms with van der Waals surface area (Å²) < 4.78 is 13.7. The molecule has 160 valence electrons. The summed E-state index contributed by atoms with van der Waals surface area (Å²) in [5.74, 6) is 1.45. The number of rotatable bonds is 7.